The predicted octanol–water partition coefficient (Wildman–Crippen LogP) is 5.31. The summed E-state index contributed by atoms with van der Waals surface area (Å²) in [4.78, 5) is 0. The van der Waals surface area contributed by atoms with E-state index in [-0.39, 0.29) is 2.85 Å². The number of halogens is 1. The molecule has 3 rings (SSSR count). The van der Waals surface area contributed by atoms with Gasteiger partial charge in [0.15, 0.2) is 0 Å². The van der Waals surface area contributed by atoms with E-state index in [9.17, 15) is 0 Å². The summed E-state index contributed by atoms with van der Waals surface area (Å²) < 4.78 is 8.89. The molecule has 20 heavy (non-hydrogen) atoms. The molecule has 0 aromatic heterocycles. The molecule has 0 saturated heterocycles. The molecule has 0 nitrogen and oxygen atoms in total. The minimum absolute atomic E-state index is 0. The van der Waals surface area contributed by atoms with Crippen molar-refractivity contribution >= 4 is 28.9 Å². The van der Waals surface area contributed by atoms with E-state index in [2.05, 4.69) is 81.5 Å². The third-order valence-electron chi connectivity index (χ3n) is 4.98. The van der Waals surface area contributed by atoms with Gasteiger partial charge in [-0.25, -0.2) is 0 Å². The Labute approximate surface area is 135 Å². The Morgan fingerprint density at radius 1 is 1.35 bits per heavy atom. The van der Waals surface area contributed by atoms with Crippen LogP contribution >= 0.6 is 15.9 Å². The molecule has 0 N–H and O–H groups in total. The van der Waals surface area contributed by atoms with Gasteiger partial charge in [-0.15, -0.1) is 0 Å². The van der Waals surface area contributed by atoms with Crippen molar-refractivity contribution in [2.75, 3.05) is 0 Å². The maximum atomic E-state index is 3.72. The zero-order chi connectivity index (χ0) is 14.6. The quantitative estimate of drug-likeness (QED) is 0.562. The molecule has 0 bridgehead atoms. The normalized spacial score (nSPS) is 21.8. The Kier molecular flexibility index (Phi) is 3.56. The van der Waals surface area contributed by atoms with Gasteiger partial charge in [0.1, 0.15) is 0 Å². The van der Waals surface area contributed by atoms with Crippen LogP contribution in [0, 0.1) is 0 Å². The first-order valence-electron chi connectivity index (χ1n) is 7.20. The van der Waals surface area contributed by atoms with Gasteiger partial charge in [-0.3, -0.25) is 0 Å². The maximum absolute atomic E-state index is 3.72. The fourth-order valence-electron chi connectivity index (χ4n) is 3.98. The monoisotopic (exact) mass is 424 g/mol. The van der Waals surface area contributed by atoms with Gasteiger partial charge < -0.3 is 2.85 Å². The van der Waals surface area contributed by atoms with Crippen molar-refractivity contribution in [2.45, 2.75) is 26.2 Å². The van der Waals surface area contributed by atoms with Gasteiger partial charge in [-0.2, -0.15) is 0 Å². The van der Waals surface area contributed by atoms with E-state index in [0.29, 0.717) is 3.63 Å². The van der Waals surface area contributed by atoms with Gasteiger partial charge >= 0.3 is 133 Å². The van der Waals surface area contributed by atoms with E-state index in [1.165, 1.54) is 16.5 Å². The van der Waals surface area contributed by atoms with Crippen molar-refractivity contribution < 1.29 is 20.3 Å². The van der Waals surface area contributed by atoms with E-state index >= 15 is 0 Å². The van der Waals surface area contributed by atoms with E-state index in [4.69, 9.17) is 0 Å². The second kappa shape index (κ2) is 4.76. The molecule has 1 aromatic rings. The molecule has 0 saturated carbocycles. The summed E-state index contributed by atoms with van der Waals surface area (Å²) >= 11 is 0.786. The van der Waals surface area contributed by atoms with E-state index < -0.39 is 17.4 Å². The van der Waals surface area contributed by atoms with Gasteiger partial charge in [0, 0.05) is 0 Å². The summed E-state index contributed by atoms with van der Waals surface area (Å²) in [5.41, 5.74) is 4.53. The zero-order valence-corrected chi connectivity index (χ0v) is 17.9. The van der Waals surface area contributed by atoms with Crippen LogP contribution in [-0.2, 0) is 17.4 Å². The molecule has 2 aliphatic carbocycles. The smallest absolute Gasteiger partial charge is 1.00 e. The fraction of sp³-hybridized carbons (Fsp3) is 0.294. The third-order valence-corrected chi connectivity index (χ3v) is 23.3. The van der Waals surface area contributed by atoms with Crippen LogP contribution < -0.4 is 0 Å². The second-order valence-electron chi connectivity index (χ2n) is 7.20. The summed E-state index contributed by atoms with van der Waals surface area (Å²) in [6, 6.07) is 6.70. The first kappa shape index (κ1) is 14.9. The summed E-state index contributed by atoms with van der Waals surface area (Å²) in [5.74, 6) is 0. The number of allylic oxidation sites excluding steroid dienone is 5. The molecule has 2 aliphatic rings. The Morgan fingerprint density at radius 3 is 2.75 bits per heavy atom. The summed E-state index contributed by atoms with van der Waals surface area (Å²) in [5, 5.41) is 0. The molecule has 108 valence electrons. The second-order valence-corrected chi connectivity index (χ2v) is 37.7. The van der Waals surface area contributed by atoms with Crippen LogP contribution in [0.3, 0.4) is 0 Å². The van der Waals surface area contributed by atoms with Crippen LogP contribution in [0.1, 0.15) is 31.0 Å². The van der Waals surface area contributed by atoms with Gasteiger partial charge in [-0.05, 0) is 0 Å². The van der Waals surface area contributed by atoms with Gasteiger partial charge in [0.05, 0.1) is 0 Å². The molecule has 0 spiro atoms. The molecule has 1 aromatic carbocycles. The summed E-state index contributed by atoms with van der Waals surface area (Å²) in [6.45, 7) is 4.68. The zero-order valence-electron chi connectivity index (χ0n) is 14.4. The van der Waals surface area contributed by atoms with Crippen molar-refractivity contribution in [3.63, 3.8) is 0 Å². The molecule has 0 radical (unpaired) electrons. The van der Waals surface area contributed by atoms with Crippen LogP contribution in [0.5, 0.6) is 0 Å². The standard InChI is InChI=1S/C10H8Br.C5H5.2CH3.H2Si.Zr.2H/c1-7-5-8-3-2-4-10(11)9(8)6-7;1-2-4-5-3-1;;;;;;/h2-6H,1H3;1-3H,4H2;2*1H3;1H2;;;/q;;;;;;2*-1. The van der Waals surface area contributed by atoms with Crippen molar-refractivity contribution in [2.24, 2.45) is 0 Å². The van der Waals surface area contributed by atoms with Crippen molar-refractivity contribution in [1.29, 1.82) is 0 Å². The van der Waals surface area contributed by atoms with Gasteiger partial charge in [0.25, 0.3) is 0 Å². The molecule has 1 atom stereocenters. The number of rotatable bonds is 2. The average Bonchev–Trinajstić information content (AvgIpc) is 2.95. The molecular weight excluding hydrogens is 403 g/mol. The van der Waals surface area contributed by atoms with Crippen LogP contribution in [0.25, 0.3) is 6.08 Å². The molecule has 1 unspecified atom stereocenters. The topological polar surface area (TPSA) is 0 Å². The third kappa shape index (κ3) is 2.17. The molecule has 0 heterocycles. The number of benzene rings is 1. The number of fused-ring (bicyclic) bond motifs is 1. The first-order chi connectivity index (χ1) is 9.30. The van der Waals surface area contributed by atoms with Crippen molar-refractivity contribution in [1.82, 2.24) is 0 Å². The fourth-order valence-corrected chi connectivity index (χ4v) is 20.5. The van der Waals surface area contributed by atoms with Gasteiger partial charge in [-0.1, -0.05) is 0 Å². The van der Waals surface area contributed by atoms with Gasteiger partial charge in [0.2, 0.25) is 0 Å². The Hall–Kier alpha value is 0.0200. The predicted molar refractivity (Wildman–Crippen MR) is 94.9 cm³/mol. The molecule has 3 heteroatoms. The maximum Gasteiger partial charge on any atom is -1.00 e. The van der Waals surface area contributed by atoms with E-state index in [1.807, 2.05) is 0 Å². The SMILES string of the molecule is CC1=Cc2c(Br)cccc2[CH]1[Zr]([CH3])([CH3])(=[SiH2])[C]1=CC=CC1.[H-].[H-]. The van der Waals surface area contributed by atoms with Crippen molar-refractivity contribution in [3.8, 4) is 0 Å². The molecular formula is C17H23BrSiZr-2. The summed E-state index contributed by atoms with van der Waals surface area (Å²) in [7, 11) is 0. The average molecular weight is 427 g/mol. The minimum Gasteiger partial charge on any atom is -1.00 e. The molecule has 0 fully saturated rings. The number of hydrogen-bond donors (Lipinski definition) is 0. The van der Waals surface area contributed by atoms with Crippen LogP contribution in [0.2, 0.25) is 9.26 Å². The molecule has 0 aliphatic heterocycles. The Balaban J connectivity index is 0.00000121. The number of hydrogen-bond acceptors (Lipinski definition) is 0. The first-order valence-corrected chi connectivity index (χ1v) is 21.5. The van der Waals surface area contributed by atoms with Crippen LogP contribution in [0.15, 0.2) is 49.8 Å². The molecule has 0 amide bonds. The van der Waals surface area contributed by atoms with E-state index in [1.54, 1.807) is 14.4 Å². The van der Waals surface area contributed by atoms with Crippen molar-refractivity contribution in [3.05, 3.63) is 60.9 Å². The Morgan fingerprint density at radius 2 is 2.10 bits per heavy atom. The Bertz CT molecular complexity index is 756. The van der Waals surface area contributed by atoms with E-state index in [0.717, 1.165) is 0 Å². The largest absolute Gasteiger partial charge is 1.00 e. The van der Waals surface area contributed by atoms with Crippen LogP contribution in [0.4, 0.5) is 0 Å². The minimum atomic E-state index is -2.94. The van der Waals surface area contributed by atoms with Crippen LogP contribution in [-0.4, -0.2) is 6.88 Å². The summed E-state index contributed by atoms with van der Waals surface area (Å²) in [6.07, 6.45) is 10.6.